The highest BCUT2D eigenvalue weighted by atomic mass is 32.2. The van der Waals surface area contributed by atoms with Gasteiger partial charge < -0.3 is 4.90 Å². The minimum absolute atomic E-state index is 0.0516. The van der Waals surface area contributed by atoms with E-state index in [1.54, 1.807) is 0 Å². The number of nitrogens with zero attached hydrogens (tertiary/aromatic N) is 2. The van der Waals surface area contributed by atoms with Gasteiger partial charge in [-0.2, -0.15) is 18.4 Å². The molecule has 0 radical (unpaired) electrons. The van der Waals surface area contributed by atoms with E-state index in [1.807, 2.05) is 0 Å². The Balaban J connectivity index is 2.27. The van der Waals surface area contributed by atoms with Crippen molar-refractivity contribution < 1.29 is 26.0 Å². The zero-order valence-corrected chi connectivity index (χ0v) is 13.1. The van der Waals surface area contributed by atoms with E-state index in [2.05, 4.69) is 0 Å². The average Bonchev–Trinajstić information content (AvgIpc) is 2.54. The lowest BCUT2D eigenvalue weighted by Gasteiger charge is -2.28. The lowest BCUT2D eigenvalue weighted by Crippen LogP contribution is -2.22. The summed E-state index contributed by atoms with van der Waals surface area (Å²) in [6, 6.07) is 8.36. The summed E-state index contributed by atoms with van der Waals surface area (Å²) < 4.78 is 77.0. The number of rotatable bonds is 1. The molecule has 25 heavy (non-hydrogen) atoms. The number of alkyl halides is 3. The molecule has 0 bridgehead atoms. The Kier molecular flexibility index (Phi) is 3.80. The molecule has 2 aromatic carbocycles. The number of allylic oxidation sites excluding steroid dienone is 1. The molecular formula is C16H8F4N2O2S. The summed E-state index contributed by atoms with van der Waals surface area (Å²) in [4.78, 5) is 0.0437. The van der Waals surface area contributed by atoms with Crippen LogP contribution in [-0.2, 0) is 16.0 Å². The van der Waals surface area contributed by atoms with Gasteiger partial charge in [0.05, 0.1) is 16.1 Å². The van der Waals surface area contributed by atoms with Gasteiger partial charge in [-0.3, -0.25) is 0 Å². The van der Waals surface area contributed by atoms with Crippen LogP contribution in [0.15, 0.2) is 58.5 Å². The molecule has 0 unspecified atom stereocenters. The van der Waals surface area contributed by atoms with Crippen molar-refractivity contribution in [3.05, 3.63) is 65.0 Å². The fourth-order valence-corrected chi connectivity index (χ4v) is 3.70. The summed E-state index contributed by atoms with van der Waals surface area (Å²) in [5.74, 6) is -0.764. The monoisotopic (exact) mass is 368 g/mol. The third kappa shape index (κ3) is 2.85. The molecule has 2 aromatic rings. The topological polar surface area (TPSA) is 61.2 Å². The molecule has 0 aromatic heterocycles. The van der Waals surface area contributed by atoms with E-state index >= 15 is 0 Å². The van der Waals surface area contributed by atoms with Crippen LogP contribution in [0.5, 0.6) is 0 Å². The Labute approximate surface area is 140 Å². The molecule has 0 atom stereocenters. The molecule has 1 aliphatic heterocycles. The molecule has 1 aliphatic rings. The number of hydrogen-bond acceptors (Lipinski definition) is 4. The van der Waals surface area contributed by atoms with Gasteiger partial charge in [0, 0.05) is 11.9 Å². The summed E-state index contributed by atoms with van der Waals surface area (Å²) in [6.07, 6.45) is -3.73. The van der Waals surface area contributed by atoms with E-state index in [0.717, 1.165) is 47.5 Å². The lowest BCUT2D eigenvalue weighted by molar-refractivity contribution is -0.137. The van der Waals surface area contributed by atoms with Crippen molar-refractivity contribution in [2.24, 2.45) is 0 Å². The van der Waals surface area contributed by atoms with E-state index < -0.39 is 32.3 Å². The predicted molar refractivity (Wildman–Crippen MR) is 80.9 cm³/mol. The van der Waals surface area contributed by atoms with E-state index in [0.29, 0.717) is 0 Å². The van der Waals surface area contributed by atoms with Gasteiger partial charge in [-0.25, -0.2) is 12.8 Å². The number of fused-ring (bicyclic) bond motifs is 1. The first-order chi connectivity index (χ1) is 11.6. The number of benzene rings is 2. The SMILES string of the molecule is N#CC1=CN(c2cccc(C(F)(F)F)c2)c2cc(F)ccc2S1(=O)=O. The third-order valence-corrected chi connectivity index (χ3v) is 5.27. The quantitative estimate of drug-likeness (QED) is 0.561. The summed E-state index contributed by atoms with van der Waals surface area (Å²) >= 11 is 0. The first kappa shape index (κ1) is 17.0. The Hall–Kier alpha value is -2.86. The van der Waals surface area contributed by atoms with Crippen molar-refractivity contribution in [2.45, 2.75) is 11.1 Å². The average molecular weight is 368 g/mol. The lowest BCUT2D eigenvalue weighted by atomic mass is 10.1. The molecule has 0 N–H and O–H groups in total. The first-order valence-electron chi connectivity index (χ1n) is 6.77. The normalized spacial score (nSPS) is 16.0. The van der Waals surface area contributed by atoms with Gasteiger partial charge in [0.1, 0.15) is 11.9 Å². The zero-order chi connectivity index (χ0) is 18.4. The molecule has 128 valence electrons. The predicted octanol–water partition coefficient (Wildman–Crippen LogP) is 4.13. The van der Waals surface area contributed by atoms with Crippen LogP contribution in [0.3, 0.4) is 0 Å². The highest BCUT2D eigenvalue weighted by Gasteiger charge is 2.34. The second-order valence-electron chi connectivity index (χ2n) is 5.14. The highest BCUT2D eigenvalue weighted by Crippen LogP contribution is 2.41. The first-order valence-corrected chi connectivity index (χ1v) is 8.26. The molecule has 4 nitrogen and oxygen atoms in total. The number of halogens is 4. The van der Waals surface area contributed by atoms with Crippen molar-refractivity contribution in [3.63, 3.8) is 0 Å². The Morgan fingerprint density at radius 1 is 1.08 bits per heavy atom. The minimum Gasteiger partial charge on any atom is -0.314 e. The van der Waals surface area contributed by atoms with Gasteiger partial charge in [0.2, 0.25) is 9.84 Å². The Bertz CT molecular complexity index is 1040. The van der Waals surface area contributed by atoms with Crippen LogP contribution in [0.1, 0.15) is 5.56 Å². The van der Waals surface area contributed by atoms with Crippen LogP contribution in [0.4, 0.5) is 28.9 Å². The van der Waals surface area contributed by atoms with E-state index in [4.69, 9.17) is 5.26 Å². The largest absolute Gasteiger partial charge is 0.416 e. The Morgan fingerprint density at radius 2 is 1.80 bits per heavy atom. The van der Waals surface area contributed by atoms with Gasteiger partial charge in [-0.15, -0.1) is 0 Å². The number of sulfone groups is 1. The number of anilines is 2. The second kappa shape index (κ2) is 5.60. The summed E-state index contributed by atoms with van der Waals surface area (Å²) in [7, 11) is -4.16. The van der Waals surface area contributed by atoms with Gasteiger partial charge in [0.15, 0.2) is 4.91 Å². The maximum atomic E-state index is 13.6. The van der Waals surface area contributed by atoms with Crippen molar-refractivity contribution in [1.82, 2.24) is 0 Å². The second-order valence-corrected chi connectivity index (χ2v) is 7.03. The van der Waals surface area contributed by atoms with Crippen LogP contribution < -0.4 is 4.90 Å². The fraction of sp³-hybridized carbons (Fsp3) is 0.0625. The molecule has 0 saturated heterocycles. The molecule has 0 aliphatic carbocycles. The summed E-state index contributed by atoms with van der Waals surface area (Å²) in [6.45, 7) is 0. The fourth-order valence-electron chi connectivity index (χ4n) is 2.42. The van der Waals surface area contributed by atoms with Crippen molar-refractivity contribution >= 4 is 21.2 Å². The summed E-state index contributed by atoms with van der Waals surface area (Å²) in [5, 5.41) is 9.08. The van der Waals surface area contributed by atoms with E-state index in [1.165, 1.54) is 12.1 Å². The van der Waals surface area contributed by atoms with E-state index in [9.17, 15) is 26.0 Å². The van der Waals surface area contributed by atoms with Crippen LogP contribution in [0, 0.1) is 17.1 Å². The van der Waals surface area contributed by atoms with E-state index in [-0.39, 0.29) is 16.3 Å². The molecule has 0 saturated carbocycles. The van der Waals surface area contributed by atoms with Crippen LogP contribution in [0.25, 0.3) is 0 Å². The molecule has 9 heteroatoms. The van der Waals surface area contributed by atoms with Crippen LogP contribution in [0.2, 0.25) is 0 Å². The van der Waals surface area contributed by atoms with Crippen molar-refractivity contribution in [3.8, 4) is 6.07 Å². The Morgan fingerprint density at radius 3 is 2.44 bits per heavy atom. The maximum Gasteiger partial charge on any atom is 0.416 e. The smallest absolute Gasteiger partial charge is 0.314 e. The molecule has 3 rings (SSSR count). The maximum absolute atomic E-state index is 13.6. The summed E-state index contributed by atoms with van der Waals surface area (Å²) in [5.41, 5.74) is -1.18. The molecule has 0 amide bonds. The van der Waals surface area contributed by atoms with Crippen molar-refractivity contribution in [1.29, 1.82) is 5.26 Å². The molecule has 0 fully saturated rings. The van der Waals surface area contributed by atoms with Gasteiger partial charge in [0.25, 0.3) is 0 Å². The number of hydrogen-bond donors (Lipinski definition) is 0. The number of nitriles is 1. The molecule has 0 spiro atoms. The van der Waals surface area contributed by atoms with Crippen LogP contribution in [-0.4, -0.2) is 8.42 Å². The minimum atomic E-state index is -4.61. The van der Waals surface area contributed by atoms with Gasteiger partial charge in [-0.1, -0.05) is 6.07 Å². The van der Waals surface area contributed by atoms with Crippen LogP contribution >= 0.6 is 0 Å². The molecular weight excluding hydrogens is 360 g/mol. The standard InChI is InChI=1S/C16H8F4N2O2S/c17-11-4-5-15-14(7-11)22(9-13(8-21)25(15,23)24)12-3-1-2-10(6-12)16(18,19)20/h1-7,9H. The zero-order valence-electron chi connectivity index (χ0n) is 12.2. The van der Waals surface area contributed by atoms with Gasteiger partial charge >= 0.3 is 6.18 Å². The molecule has 1 heterocycles. The third-order valence-electron chi connectivity index (χ3n) is 3.57. The van der Waals surface area contributed by atoms with Gasteiger partial charge in [-0.05, 0) is 36.4 Å². The highest BCUT2D eigenvalue weighted by molar-refractivity contribution is 7.95. The van der Waals surface area contributed by atoms with Crippen molar-refractivity contribution in [2.75, 3.05) is 4.90 Å².